The van der Waals surface area contributed by atoms with Crippen molar-refractivity contribution in [2.45, 2.75) is 4.90 Å². The van der Waals surface area contributed by atoms with Crippen LogP contribution in [0.4, 0.5) is 17.6 Å². The smallest absolute Gasteiger partial charge is 0.248 e. The van der Waals surface area contributed by atoms with Gasteiger partial charge in [0.15, 0.2) is 4.90 Å². The molecule has 0 radical (unpaired) electrons. The van der Waals surface area contributed by atoms with Gasteiger partial charge in [-0.1, -0.05) is 11.3 Å². The Morgan fingerprint density at radius 3 is 2.63 bits per heavy atom. The van der Waals surface area contributed by atoms with Crippen LogP contribution in [0.2, 0.25) is 0 Å². The van der Waals surface area contributed by atoms with E-state index in [1.165, 1.54) is 16.0 Å². The van der Waals surface area contributed by atoms with Crippen molar-refractivity contribution in [1.29, 1.82) is 0 Å². The van der Waals surface area contributed by atoms with Crippen LogP contribution >= 0.6 is 11.3 Å². The fourth-order valence-corrected chi connectivity index (χ4v) is 5.12. The molecule has 1 aliphatic rings. The topological polar surface area (TPSA) is 146 Å². The van der Waals surface area contributed by atoms with Crippen LogP contribution in [0.25, 0.3) is 15.3 Å². The number of benzene rings is 2. The lowest BCUT2D eigenvalue weighted by Gasteiger charge is -2.32. The first kappa shape index (κ1) is 23.8. The Morgan fingerprint density at radius 2 is 1.89 bits per heavy atom. The number of ether oxygens (including phenoxy) is 1. The van der Waals surface area contributed by atoms with E-state index in [1.54, 1.807) is 24.3 Å². The van der Waals surface area contributed by atoms with Crippen molar-refractivity contribution in [1.82, 2.24) is 29.5 Å². The Morgan fingerprint density at radius 1 is 1.11 bits per heavy atom. The first-order valence-electron chi connectivity index (χ1n) is 11.1. The predicted molar refractivity (Wildman–Crippen MR) is 139 cm³/mol. The standard InChI is InChI=1S/C22H27N9O2S2/c1-29-8-10-30(11-9-29)12-13-33-16-4-7-18-19(14-16)34-22(26-18)31-20(23)27-21(28-31)25-15-2-5-17(6-3-15)35(24)32/h2-7,14H,8-13,24H2,1H3,(H3,23,25,27,28). The third-order valence-electron chi connectivity index (χ3n) is 5.78. The second-order valence-corrected chi connectivity index (χ2v) is 10.3. The van der Waals surface area contributed by atoms with Gasteiger partial charge in [0.2, 0.25) is 17.0 Å². The van der Waals surface area contributed by atoms with Gasteiger partial charge in [-0.25, -0.2) is 4.98 Å². The van der Waals surface area contributed by atoms with Crippen LogP contribution < -0.4 is 20.9 Å². The molecule has 1 aliphatic heterocycles. The third kappa shape index (κ3) is 5.66. The Hall–Kier alpha value is -2.94. The van der Waals surface area contributed by atoms with Crippen LogP contribution in [0.1, 0.15) is 0 Å². The molecule has 1 unspecified atom stereocenters. The molecule has 2 aromatic carbocycles. The van der Waals surface area contributed by atoms with Crippen molar-refractivity contribution in [2.24, 2.45) is 5.14 Å². The second kappa shape index (κ2) is 10.4. The minimum atomic E-state index is -1.53. The number of aromatic nitrogens is 4. The van der Waals surface area contributed by atoms with Crippen molar-refractivity contribution < 1.29 is 9.29 Å². The molecule has 3 heterocycles. The summed E-state index contributed by atoms with van der Waals surface area (Å²) in [4.78, 5) is 14.2. The minimum absolute atomic E-state index is 0.217. The Bertz CT molecular complexity index is 1280. The molecule has 0 spiro atoms. The summed E-state index contributed by atoms with van der Waals surface area (Å²) < 4.78 is 19.8. The van der Waals surface area contributed by atoms with Gasteiger partial charge in [0.1, 0.15) is 12.4 Å². The van der Waals surface area contributed by atoms with E-state index in [1.807, 2.05) is 18.2 Å². The Labute approximate surface area is 210 Å². The molecule has 0 bridgehead atoms. The van der Waals surface area contributed by atoms with E-state index < -0.39 is 11.4 Å². The Balaban J connectivity index is 1.24. The van der Waals surface area contributed by atoms with Crippen molar-refractivity contribution in [3.05, 3.63) is 42.5 Å². The van der Waals surface area contributed by atoms with Crippen LogP contribution in [0.5, 0.6) is 5.75 Å². The quantitative estimate of drug-likeness (QED) is 0.298. The monoisotopic (exact) mass is 513 g/mol. The van der Waals surface area contributed by atoms with Crippen LogP contribution in [0, 0.1) is 0 Å². The number of hydrogen-bond donors (Lipinski definition) is 3. The molecule has 11 nitrogen and oxygen atoms in total. The summed E-state index contributed by atoms with van der Waals surface area (Å²) in [5.74, 6) is 1.36. The van der Waals surface area contributed by atoms with Gasteiger partial charge in [-0.2, -0.15) is 9.67 Å². The molecule has 184 valence electrons. The average Bonchev–Trinajstić information content (AvgIpc) is 3.43. The lowest BCUT2D eigenvalue weighted by molar-refractivity contribution is 0.134. The number of piperazine rings is 1. The van der Waals surface area contributed by atoms with Gasteiger partial charge >= 0.3 is 0 Å². The van der Waals surface area contributed by atoms with Gasteiger partial charge in [-0.3, -0.25) is 4.90 Å². The van der Waals surface area contributed by atoms with E-state index in [0.29, 0.717) is 22.6 Å². The zero-order valence-corrected chi connectivity index (χ0v) is 20.9. The van der Waals surface area contributed by atoms with E-state index in [0.717, 1.165) is 54.4 Å². The number of thiazole rings is 1. The van der Waals surface area contributed by atoms with E-state index in [-0.39, 0.29) is 5.95 Å². The maximum absolute atomic E-state index is 11.3. The predicted octanol–water partition coefficient (Wildman–Crippen LogP) is 1.81. The van der Waals surface area contributed by atoms with Crippen LogP contribution in [-0.4, -0.2) is 80.5 Å². The molecule has 0 aliphatic carbocycles. The summed E-state index contributed by atoms with van der Waals surface area (Å²) in [6, 6.07) is 12.7. The number of rotatable bonds is 8. The van der Waals surface area contributed by atoms with Crippen molar-refractivity contribution in [3.8, 4) is 10.9 Å². The first-order valence-corrected chi connectivity index (χ1v) is 13.2. The van der Waals surface area contributed by atoms with Crippen LogP contribution in [0.3, 0.4) is 0 Å². The van der Waals surface area contributed by atoms with Crippen molar-refractivity contribution in [2.75, 3.05) is 57.4 Å². The summed E-state index contributed by atoms with van der Waals surface area (Å²) in [5.41, 5.74) is 7.68. The molecule has 5 N–H and O–H groups in total. The average molecular weight is 514 g/mol. The van der Waals surface area contributed by atoms with Gasteiger partial charge < -0.3 is 25.2 Å². The molecule has 1 saturated heterocycles. The first-order chi connectivity index (χ1) is 16.9. The molecule has 35 heavy (non-hydrogen) atoms. The van der Waals surface area contributed by atoms with Crippen LogP contribution in [0.15, 0.2) is 47.4 Å². The number of nitrogens with one attached hydrogen (secondary N) is 1. The number of anilines is 3. The molecule has 13 heteroatoms. The summed E-state index contributed by atoms with van der Waals surface area (Å²) in [6.45, 7) is 5.91. The molecule has 1 fully saturated rings. The highest BCUT2D eigenvalue weighted by Gasteiger charge is 2.16. The molecule has 1 atom stereocenters. The number of nitrogen functional groups attached to an aromatic ring is 1. The molecule has 4 aromatic rings. The zero-order chi connectivity index (χ0) is 24.4. The second-order valence-electron chi connectivity index (χ2n) is 8.27. The largest absolute Gasteiger partial charge is 0.593 e. The SMILES string of the molecule is CN1CCN(CCOc2ccc3nc(-n4nc(Nc5ccc([S+](N)[O-])cc5)nc4N)sc3c2)CC1. The normalized spacial score (nSPS) is 16.0. The molecule has 0 amide bonds. The van der Waals surface area contributed by atoms with Gasteiger partial charge in [0, 0.05) is 38.4 Å². The zero-order valence-electron chi connectivity index (χ0n) is 19.3. The number of hydrogen-bond acceptors (Lipinski definition) is 11. The third-order valence-corrected chi connectivity index (χ3v) is 7.51. The maximum Gasteiger partial charge on any atom is 0.248 e. The van der Waals surface area contributed by atoms with E-state index in [9.17, 15) is 4.55 Å². The lowest BCUT2D eigenvalue weighted by atomic mass is 10.3. The maximum atomic E-state index is 11.3. The minimum Gasteiger partial charge on any atom is -0.593 e. The molecule has 5 rings (SSSR count). The van der Waals surface area contributed by atoms with Crippen molar-refractivity contribution in [3.63, 3.8) is 0 Å². The highest BCUT2D eigenvalue weighted by molar-refractivity contribution is 7.89. The number of nitrogens with zero attached hydrogens (tertiary/aromatic N) is 6. The van der Waals surface area contributed by atoms with E-state index in [2.05, 4.69) is 37.2 Å². The van der Waals surface area contributed by atoms with E-state index >= 15 is 0 Å². The molecular formula is C22H27N9O2S2. The van der Waals surface area contributed by atoms with Gasteiger partial charge in [0.25, 0.3) is 0 Å². The summed E-state index contributed by atoms with van der Waals surface area (Å²) in [5, 5.41) is 13.5. The number of nitrogens with two attached hydrogens (primary N) is 2. The number of fused-ring (bicyclic) bond motifs is 1. The summed E-state index contributed by atoms with van der Waals surface area (Å²) in [6.07, 6.45) is 0. The molecular weight excluding hydrogens is 486 g/mol. The fourth-order valence-electron chi connectivity index (χ4n) is 3.76. The summed E-state index contributed by atoms with van der Waals surface area (Å²) in [7, 11) is 2.16. The Kier molecular flexibility index (Phi) is 7.04. The number of likely N-dealkylation sites (N-methyl/N-ethyl adjacent to an activating group) is 1. The highest BCUT2D eigenvalue weighted by atomic mass is 32.2. The molecule has 0 saturated carbocycles. The summed E-state index contributed by atoms with van der Waals surface area (Å²) >= 11 is -0.0621. The fraction of sp³-hybridized carbons (Fsp3) is 0.318. The van der Waals surface area contributed by atoms with Gasteiger partial charge in [0.05, 0.1) is 21.6 Å². The molecule has 2 aromatic heterocycles. The van der Waals surface area contributed by atoms with Gasteiger partial charge in [-0.05, 0) is 49.5 Å². The highest BCUT2D eigenvalue weighted by Crippen LogP contribution is 2.29. The lowest BCUT2D eigenvalue weighted by Crippen LogP contribution is -2.45. The van der Waals surface area contributed by atoms with Crippen LogP contribution in [-0.2, 0) is 11.4 Å². The van der Waals surface area contributed by atoms with E-state index in [4.69, 9.17) is 15.6 Å². The van der Waals surface area contributed by atoms with Gasteiger partial charge in [-0.15, -0.1) is 10.2 Å². The van der Waals surface area contributed by atoms with Crippen molar-refractivity contribution >= 4 is 50.5 Å².